The average molecular weight is 193 g/mol. The Hall–Kier alpha value is -1.91. The lowest BCUT2D eigenvalue weighted by molar-refractivity contribution is -0.384. The first-order chi connectivity index (χ1) is 6.77. The number of H-pyrrole nitrogens is 1. The second-order valence-corrected chi connectivity index (χ2v) is 2.40. The third-order valence-electron chi connectivity index (χ3n) is 1.63. The molecular weight excluding hydrogens is 182 g/mol. The van der Waals surface area contributed by atoms with Crippen LogP contribution >= 0.6 is 0 Å². The van der Waals surface area contributed by atoms with Crippen molar-refractivity contribution < 1.29 is 4.92 Å². The molecule has 74 valence electrons. The molecule has 1 aromatic heterocycles. The third-order valence-corrected chi connectivity index (χ3v) is 1.63. The summed E-state index contributed by atoms with van der Waals surface area (Å²) in [5.74, 6) is 0. The minimum atomic E-state index is -0.424. The Labute approximate surface area is 80.9 Å². The summed E-state index contributed by atoms with van der Waals surface area (Å²) in [6, 6.07) is 4.57. The van der Waals surface area contributed by atoms with E-state index in [2.05, 4.69) is 10.2 Å². The van der Waals surface area contributed by atoms with Gasteiger partial charge in [-0.3, -0.25) is 15.2 Å². The van der Waals surface area contributed by atoms with E-state index in [9.17, 15) is 10.1 Å². The normalized spacial score (nSPS) is 9.29. The molecule has 0 aliphatic heterocycles. The molecule has 0 spiro atoms. The topological polar surface area (TPSA) is 71.8 Å². The minimum absolute atomic E-state index is 0.0869. The van der Waals surface area contributed by atoms with Crippen LogP contribution in [-0.4, -0.2) is 15.1 Å². The lowest BCUT2D eigenvalue weighted by Gasteiger charge is -1.89. The number of aromatic nitrogens is 2. The van der Waals surface area contributed by atoms with Crippen molar-refractivity contribution in [1.82, 2.24) is 10.2 Å². The number of nitro benzene ring substituents is 1. The smallest absolute Gasteiger partial charge is 0.270 e. The van der Waals surface area contributed by atoms with Gasteiger partial charge in [-0.15, -0.1) is 0 Å². The molecule has 0 unspecified atom stereocenters. The Balaban J connectivity index is 0.000000461. The van der Waals surface area contributed by atoms with Crippen molar-refractivity contribution >= 4 is 16.6 Å². The van der Waals surface area contributed by atoms with Gasteiger partial charge in [-0.1, -0.05) is 13.8 Å². The molecule has 0 saturated carbocycles. The van der Waals surface area contributed by atoms with Gasteiger partial charge < -0.3 is 0 Å². The number of non-ortho nitro benzene ring substituents is 1. The number of fused-ring (bicyclic) bond motifs is 1. The molecule has 2 aromatic rings. The van der Waals surface area contributed by atoms with Crippen LogP contribution in [0.1, 0.15) is 13.8 Å². The summed E-state index contributed by atoms with van der Waals surface area (Å²) < 4.78 is 0. The predicted octanol–water partition coefficient (Wildman–Crippen LogP) is 2.50. The summed E-state index contributed by atoms with van der Waals surface area (Å²) in [6.45, 7) is 4.00. The predicted molar refractivity (Wildman–Crippen MR) is 54.1 cm³/mol. The summed E-state index contributed by atoms with van der Waals surface area (Å²) in [5.41, 5.74) is 0.893. The first-order valence-corrected chi connectivity index (χ1v) is 4.35. The van der Waals surface area contributed by atoms with Gasteiger partial charge in [0.25, 0.3) is 5.69 Å². The fourth-order valence-corrected chi connectivity index (χ4v) is 1.04. The SMILES string of the molecule is CC.O=[N+]([O-])c1ccc2[nH]ncc2c1. The van der Waals surface area contributed by atoms with E-state index in [1.54, 1.807) is 12.3 Å². The number of nitrogens with one attached hydrogen (secondary N) is 1. The molecule has 0 aliphatic carbocycles. The summed E-state index contributed by atoms with van der Waals surface area (Å²) in [5, 5.41) is 17.6. The van der Waals surface area contributed by atoms with Gasteiger partial charge in [-0.05, 0) is 6.07 Å². The third kappa shape index (κ3) is 1.87. The second kappa shape index (κ2) is 4.36. The van der Waals surface area contributed by atoms with Crippen LogP contribution < -0.4 is 0 Å². The molecule has 0 amide bonds. The Morgan fingerprint density at radius 1 is 1.43 bits per heavy atom. The molecule has 0 radical (unpaired) electrons. The van der Waals surface area contributed by atoms with E-state index >= 15 is 0 Å². The number of rotatable bonds is 1. The molecule has 0 fully saturated rings. The van der Waals surface area contributed by atoms with E-state index in [0.29, 0.717) is 0 Å². The minimum Gasteiger partial charge on any atom is -0.278 e. The summed E-state index contributed by atoms with van der Waals surface area (Å²) in [7, 11) is 0. The molecule has 5 nitrogen and oxygen atoms in total. The molecule has 1 aromatic carbocycles. The van der Waals surface area contributed by atoms with Crippen molar-refractivity contribution in [3.8, 4) is 0 Å². The van der Waals surface area contributed by atoms with Crippen molar-refractivity contribution in [3.05, 3.63) is 34.5 Å². The van der Waals surface area contributed by atoms with Gasteiger partial charge >= 0.3 is 0 Å². The zero-order valence-corrected chi connectivity index (χ0v) is 8.02. The van der Waals surface area contributed by atoms with Crippen LogP contribution in [0.3, 0.4) is 0 Å². The Morgan fingerprint density at radius 2 is 2.14 bits per heavy atom. The second-order valence-electron chi connectivity index (χ2n) is 2.40. The lowest BCUT2D eigenvalue weighted by Crippen LogP contribution is -1.86. The molecule has 1 N–H and O–H groups in total. The number of hydrogen-bond donors (Lipinski definition) is 1. The van der Waals surface area contributed by atoms with Crippen molar-refractivity contribution in [2.45, 2.75) is 13.8 Å². The zero-order chi connectivity index (χ0) is 10.6. The first-order valence-electron chi connectivity index (χ1n) is 4.35. The highest BCUT2D eigenvalue weighted by molar-refractivity contribution is 5.80. The number of aromatic amines is 1. The molecule has 1 heterocycles. The number of hydrogen-bond acceptors (Lipinski definition) is 3. The zero-order valence-electron chi connectivity index (χ0n) is 8.02. The highest BCUT2D eigenvalue weighted by atomic mass is 16.6. The van der Waals surface area contributed by atoms with E-state index in [1.807, 2.05) is 13.8 Å². The van der Waals surface area contributed by atoms with Gasteiger partial charge in [0.1, 0.15) is 0 Å². The Morgan fingerprint density at radius 3 is 2.79 bits per heavy atom. The number of nitro groups is 1. The van der Waals surface area contributed by atoms with E-state index in [1.165, 1.54) is 12.1 Å². The van der Waals surface area contributed by atoms with E-state index < -0.39 is 4.92 Å². The van der Waals surface area contributed by atoms with Gasteiger partial charge in [0.2, 0.25) is 0 Å². The number of nitrogens with zero attached hydrogens (tertiary/aromatic N) is 2. The van der Waals surface area contributed by atoms with E-state index in [-0.39, 0.29) is 5.69 Å². The van der Waals surface area contributed by atoms with Crippen LogP contribution in [0.25, 0.3) is 10.9 Å². The molecule has 14 heavy (non-hydrogen) atoms. The van der Waals surface area contributed by atoms with Gasteiger partial charge in [-0.25, -0.2) is 0 Å². The molecule has 0 bridgehead atoms. The van der Waals surface area contributed by atoms with Crippen LogP contribution in [0.2, 0.25) is 0 Å². The Bertz CT molecular complexity index is 436. The maximum absolute atomic E-state index is 10.3. The molecule has 2 rings (SSSR count). The quantitative estimate of drug-likeness (QED) is 0.558. The average Bonchev–Trinajstić information content (AvgIpc) is 2.67. The van der Waals surface area contributed by atoms with Gasteiger partial charge in [-0.2, -0.15) is 5.10 Å². The largest absolute Gasteiger partial charge is 0.278 e. The highest BCUT2D eigenvalue weighted by Crippen LogP contribution is 2.17. The van der Waals surface area contributed by atoms with Gasteiger partial charge in [0.15, 0.2) is 0 Å². The lowest BCUT2D eigenvalue weighted by atomic mass is 10.2. The standard InChI is InChI=1S/C7H5N3O2.C2H6/c11-10(12)6-1-2-7-5(3-6)4-8-9-7;1-2/h1-4H,(H,8,9);1-2H3. The molecule has 0 atom stereocenters. The molecule has 0 aliphatic rings. The first kappa shape index (κ1) is 10.2. The molecule has 5 heteroatoms. The number of benzene rings is 1. The summed E-state index contributed by atoms with van der Waals surface area (Å²) >= 11 is 0. The van der Waals surface area contributed by atoms with Crippen LogP contribution in [0.5, 0.6) is 0 Å². The van der Waals surface area contributed by atoms with E-state index in [4.69, 9.17) is 0 Å². The van der Waals surface area contributed by atoms with Crippen molar-refractivity contribution in [2.24, 2.45) is 0 Å². The van der Waals surface area contributed by atoms with Gasteiger partial charge in [0.05, 0.1) is 16.6 Å². The van der Waals surface area contributed by atoms with Crippen LogP contribution in [0.15, 0.2) is 24.4 Å². The summed E-state index contributed by atoms with van der Waals surface area (Å²) in [4.78, 5) is 9.92. The van der Waals surface area contributed by atoms with Crippen LogP contribution in [0.4, 0.5) is 5.69 Å². The highest BCUT2D eigenvalue weighted by Gasteiger charge is 2.05. The fraction of sp³-hybridized carbons (Fsp3) is 0.222. The fourth-order valence-electron chi connectivity index (χ4n) is 1.04. The molecule has 0 saturated heterocycles. The Kier molecular flexibility index (Phi) is 3.17. The monoisotopic (exact) mass is 193 g/mol. The summed E-state index contributed by atoms with van der Waals surface area (Å²) in [6.07, 6.45) is 1.56. The van der Waals surface area contributed by atoms with Crippen molar-refractivity contribution in [2.75, 3.05) is 0 Å². The van der Waals surface area contributed by atoms with Gasteiger partial charge in [0, 0.05) is 17.5 Å². The maximum Gasteiger partial charge on any atom is 0.270 e. The van der Waals surface area contributed by atoms with Crippen molar-refractivity contribution in [1.29, 1.82) is 0 Å². The van der Waals surface area contributed by atoms with Crippen LogP contribution in [0, 0.1) is 10.1 Å². The van der Waals surface area contributed by atoms with Crippen LogP contribution in [-0.2, 0) is 0 Å². The maximum atomic E-state index is 10.3. The van der Waals surface area contributed by atoms with E-state index in [0.717, 1.165) is 10.9 Å². The molecular formula is C9H11N3O2. The van der Waals surface area contributed by atoms with Crippen molar-refractivity contribution in [3.63, 3.8) is 0 Å².